The molecule has 0 bridgehead atoms. The van der Waals surface area contributed by atoms with Crippen LogP contribution in [0.25, 0.3) is 0 Å². The lowest BCUT2D eigenvalue weighted by Crippen LogP contribution is -2.47. The zero-order chi connectivity index (χ0) is 20.9. The smallest absolute Gasteiger partial charge is 0.357 e. The van der Waals surface area contributed by atoms with E-state index in [0.29, 0.717) is 48.6 Å². The number of aryl methyl sites for hydroxylation is 1. The quantitative estimate of drug-likeness (QED) is 0.515. The van der Waals surface area contributed by atoms with E-state index >= 15 is 0 Å². The molecule has 2 rings (SSSR count). The lowest BCUT2D eigenvalue weighted by Gasteiger charge is -2.31. The van der Waals surface area contributed by atoms with Gasteiger partial charge in [0.1, 0.15) is 12.4 Å². The molecule has 1 aliphatic heterocycles. The van der Waals surface area contributed by atoms with Crippen LogP contribution in [0.3, 0.4) is 0 Å². The van der Waals surface area contributed by atoms with Crippen LogP contribution in [0.5, 0.6) is 0 Å². The van der Waals surface area contributed by atoms with Crippen LogP contribution in [0.2, 0.25) is 0 Å². The summed E-state index contributed by atoms with van der Waals surface area (Å²) in [6.07, 6.45) is 0.703. The third kappa shape index (κ3) is 5.34. The first-order valence-electron chi connectivity index (χ1n) is 8.99. The SMILES string of the molecule is CCNC(=NCc1nnc(C)n1C)NCC1CCN(S(=O)(=O)C(F)(F)F)CC1. The van der Waals surface area contributed by atoms with Gasteiger partial charge in [-0.2, -0.15) is 17.5 Å². The van der Waals surface area contributed by atoms with E-state index < -0.39 is 15.5 Å². The Labute approximate surface area is 162 Å². The van der Waals surface area contributed by atoms with Gasteiger partial charge in [-0.05, 0) is 32.6 Å². The van der Waals surface area contributed by atoms with Crippen molar-refractivity contribution in [3.8, 4) is 0 Å². The predicted molar refractivity (Wildman–Crippen MR) is 97.8 cm³/mol. The predicted octanol–water partition coefficient (Wildman–Crippen LogP) is 0.740. The number of hydrogen-bond acceptors (Lipinski definition) is 5. The van der Waals surface area contributed by atoms with E-state index in [1.54, 1.807) is 0 Å². The second-order valence-corrected chi connectivity index (χ2v) is 8.52. The average Bonchev–Trinajstić information content (AvgIpc) is 2.95. The van der Waals surface area contributed by atoms with E-state index in [2.05, 4.69) is 25.8 Å². The van der Waals surface area contributed by atoms with Gasteiger partial charge >= 0.3 is 15.5 Å². The maximum atomic E-state index is 12.6. The molecule has 1 aromatic heterocycles. The Hall–Kier alpha value is -1.89. The molecule has 9 nitrogen and oxygen atoms in total. The van der Waals surface area contributed by atoms with Gasteiger partial charge in [0.25, 0.3) is 0 Å². The molecule has 1 fully saturated rings. The summed E-state index contributed by atoms with van der Waals surface area (Å²) in [7, 11) is -3.39. The number of guanidine groups is 1. The summed E-state index contributed by atoms with van der Waals surface area (Å²) in [5.41, 5.74) is -5.25. The summed E-state index contributed by atoms with van der Waals surface area (Å²) in [6.45, 7) is 4.95. The van der Waals surface area contributed by atoms with Crippen molar-refractivity contribution in [2.24, 2.45) is 18.0 Å². The fraction of sp³-hybridized carbons (Fsp3) is 0.800. The number of halogens is 3. The molecule has 28 heavy (non-hydrogen) atoms. The van der Waals surface area contributed by atoms with Crippen LogP contribution in [-0.2, 0) is 23.6 Å². The largest absolute Gasteiger partial charge is 0.511 e. The molecule has 13 heteroatoms. The highest BCUT2D eigenvalue weighted by atomic mass is 32.2. The van der Waals surface area contributed by atoms with Crippen molar-refractivity contribution in [3.05, 3.63) is 11.6 Å². The van der Waals surface area contributed by atoms with Gasteiger partial charge in [-0.15, -0.1) is 10.2 Å². The number of hydrogen-bond donors (Lipinski definition) is 2. The highest BCUT2D eigenvalue weighted by Gasteiger charge is 2.50. The molecule has 0 atom stereocenters. The Bertz CT molecular complexity index is 784. The second kappa shape index (κ2) is 9.07. The molecule has 0 radical (unpaired) electrons. The van der Waals surface area contributed by atoms with E-state index in [0.717, 1.165) is 5.82 Å². The Morgan fingerprint density at radius 1 is 1.25 bits per heavy atom. The molecule has 0 amide bonds. The molecule has 0 spiro atoms. The standard InChI is InChI=1S/C15H26F3N7O2S/c1-4-19-14(21-10-13-23-22-11(2)24(13)3)20-9-12-5-7-25(8-6-12)28(26,27)15(16,17)18/h12H,4-10H2,1-3H3,(H2,19,20,21). The van der Waals surface area contributed by atoms with Crippen LogP contribution < -0.4 is 10.6 Å². The normalized spacial score (nSPS) is 17.7. The lowest BCUT2D eigenvalue weighted by molar-refractivity contribution is -0.0496. The van der Waals surface area contributed by atoms with Crippen molar-refractivity contribution in [2.75, 3.05) is 26.2 Å². The van der Waals surface area contributed by atoms with Crippen LogP contribution in [0.15, 0.2) is 4.99 Å². The van der Waals surface area contributed by atoms with Crippen molar-refractivity contribution < 1.29 is 21.6 Å². The molecular weight excluding hydrogens is 399 g/mol. The number of aliphatic imine (C=N–C) groups is 1. The number of sulfonamides is 1. The van der Waals surface area contributed by atoms with Gasteiger partial charge < -0.3 is 15.2 Å². The molecule has 1 aromatic rings. The minimum Gasteiger partial charge on any atom is -0.357 e. The van der Waals surface area contributed by atoms with Crippen molar-refractivity contribution in [2.45, 2.75) is 38.7 Å². The molecule has 160 valence electrons. The lowest BCUT2D eigenvalue weighted by atomic mass is 9.98. The number of alkyl halides is 3. The summed E-state index contributed by atoms with van der Waals surface area (Å²) in [5.74, 6) is 2.11. The molecule has 2 N–H and O–H groups in total. The van der Waals surface area contributed by atoms with E-state index in [9.17, 15) is 21.6 Å². The van der Waals surface area contributed by atoms with Crippen molar-refractivity contribution in [1.29, 1.82) is 0 Å². The van der Waals surface area contributed by atoms with Crippen LogP contribution >= 0.6 is 0 Å². The Morgan fingerprint density at radius 3 is 2.39 bits per heavy atom. The molecule has 2 heterocycles. The van der Waals surface area contributed by atoms with Crippen LogP contribution in [0.4, 0.5) is 13.2 Å². The van der Waals surface area contributed by atoms with Gasteiger partial charge in [-0.25, -0.2) is 13.4 Å². The van der Waals surface area contributed by atoms with Crippen LogP contribution in [0.1, 0.15) is 31.4 Å². The van der Waals surface area contributed by atoms with Gasteiger partial charge in [0.2, 0.25) is 0 Å². The Morgan fingerprint density at radius 2 is 1.89 bits per heavy atom. The molecule has 0 unspecified atom stereocenters. The van der Waals surface area contributed by atoms with E-state index in [-0.39, 0.29) is 19.0 Å². The minimum absolute atomic E-state index is 0.0561. The number of aromatic nitrogens is 3. The average molecular weight is 425 g/mol. The topological polar surface area (TPSA) is 105 Å². The van der Waals surface area contributed by atoms with Crippen LogP contribution in [-0.4, -0.2) is 65.1 Å². The maximum Gasteiger partial charge on any atom is 0.511 e. The number of rotatable bonds is 6. The minimum atomic E-state index is -5.25. The second-order valence-electron chi connectivity index (χ2n) is 6.59. The molecular formula is C15H26F3N7O2S. The van der Waals surface area contributed by atoms with Gasteiger partial charge in [-0.1, -0.05) is 0 Å². The highest BCUT2D eigenvalue weighted by Crippen LogP contribution is 2.30. The number of nitrogens with one attached hydrogen (secondary N) is 2. The van der Waals surface area contributed by atoms with E-state index in [1.807, 2.05) is 25.5 Å². The van der Waals surface area contributed by atoms with Gasteiger partial charge in [-0.3, -0.25) is 0 Å². The molecule has 0 aromatic carbocycles. The molecule has 1 saturated heterocycles. The summed E-state index contributed by atoms with van der Waals surface area (Å²) in [4.78, 5) is 4.44. The first kappa shape index (κ1) is 22.4. The van der Waals surface area contributed by atoms with Gasteiger partial charge in [0, 0.05) is 33.2 Å². The monoisotopic (exact) mass is 425 g/mol. The summed E-state index contributed by atoms with van der Waals surface area (Å²) >= 11 is 0. The summed E-state index contributed by atoms with van der Waals surface area (Å²) in [5, 5.41) is 14.3. The Balaban J connectivity index is 1.88. The number of nitrogens with zero attached hydrogens (tertiary/aromatic N) is 5. The fourth-order valence-corrected chi connectivity index (χ4v) is 3.81. The van der Waals surface area contributed by atoms with Gasteiger partial charge in [0.15, 0.2) is 11.8 Å². The third-order valence-electron chi connectivity index (χ3n) is 4.67. The van der Waals surface area contributed by atoms with Gasteiger partial charge in [0.05, 0.1) is 0 Å². The van der Waals surface area contributed by atoms with E-state index in [1.165, 1.54) is 0 Å². The first-order valence-corrected chi connectivity index (χ1v) is 10.4. The van der Waals surface area contributed by atoms with Crippen molar-refractivity contribution >= 4 is 16.0 Å². The van der Waals surface area contributed by atoms with Crippen molar-refractivity contribution in [3.63, 3.8) is 0 Å². The summed E-state index contributed by atoms with van der Waals surface area (Å²) in [6, 6.07) is 0. The first-order chi connectivity index (χ1) is 13.1. The van der Waals surface area contributed by atoms with E-state index in [4.69, 9.17) is 0 Å². The van der Waals surface area contributed by atoms with Crippen molar-refractivity contribution in [1.82, 2.24) is 29.7 Å². The number of piperidine rings is 1. The molecule has 0 aliphatic carbocycles. The zero-order valence-corrected chi connectivity index (χ0v) is 16.9. The van der Waals surface area contributed by atoms with Crippen LogP contribution in [0, 0.1) is 12.8 Å². The highest BCUT2D eigenvalue weighted by molar-refractivity contribution is 7.90. The summed E-state index contributed by atoms with van der Waals surface area (Å²) < 4.78 is 63.2. The molecule has 1 aliphatic rings. The third-order valence-corrected chi connectivity index (χ3v) is 6.30. The Kier molecular flexibility index (Phi) is 7.26. The fourth-order valence-electron chi connectivity index (χ4n) is 2.82. The zero-order valence-electron chi connectivity index (χ0n) is 16.1. The molecule has 0 saturated carbocycles. The maximum absolute atomic E-state index is 12.6.